The number of amides is 1. The molecule has 2 rings (SSSR count). The molecule has 0 bridgehead atoms. The van der Waals surface area contributed by atoms with Crippen LogP contribution in [0.4, 0.5) is 0 Å². The molecule has 0 aromatic carbocycles. The van der Waals surface area contributed by atoms with Crippen LogP contribution in [0.2, 0.25) is 0 Å². The molecule has 0 radical (unpaired) electrons. The minimum absolute atomic E-state index is 0.0359. The topological polar surface area (TPSA) is 34.5 Å². The highest BCUT2D eigenvalue weighted by Crippen LogP contribution is 2.17. The van der Waals surface area contributed by atoms with Crippen molar-refractivity contribution in [2.75, 3.05) is 13.2 Å². The van der Waals surface area contributed by atoms with E-state index in [0.29, 0.717) is 19.7 Å². The summed E-state index contributed by atoms with van der Waals surface area (Å²) in [5, 5.41) is 0. The molecular weight excluding hydrogens is 228 g/mol. The highest BCUT2D eigenvalue weighted by molar-refractivity contribution is 5.78. The summed E-state index contributed by atoms with van der Waals surface area (Å²) in [6.45, 7) is 8.78. The van der Waals surface area contributed by atoms with Crippen molar-refractivity contribution in [3.63, 3.8) is 0 Å². The molecule has 0 N–H and O–H groups in total. The Balaban J connectivity index is 2.19. The maximum absolute atomic E-state index is 12.2. The first-order valence-electron chi connectivity index (χ1n) is 6.66. The van der Waals surface area contributed by atoms with E-state index < -0.39 is 0 Å². The number of carbonyl (C=O) groups is 1. The van der Waals surface area contributed by atoms with Crippen molar-refractivity contribution in [2.45, 2.75) is 40.0 Å². The average Bonchev–Trinajstić information content (AvgIpc) is 2.68. The van der Waals surface area contributed by atoms with Crippen LogP contribution in [0.25, 0.3) is 0 Å². The van der Waals surface area contributed by atoms with E-state index in [9.17, 15) is 4.79 Å². The lowest BCUT2D eigenvalue weighted by atomic mass is 10.1. The standard InChI is InChI=1S/C14H22N2O2/c1-4-18-13-9-15-7-5-6-12(15)8-16(10-13)14(17)11(2)3/h5-7,11,13H,4,8-10H2,1-3H3/t13-/m1/s1. The van der Waals surface area contributed by atoms with Crippen LogP contribution in [0.5, 0.6) is 0 Å². The largest absolute Gasteiger partial charge is 0.375 e. The fourth-order valence-corrected chi connectivity index (χ4v) is 2.43. The Morgan fingerprint density at radius 3 is 2.94 bits per heavy atom. The number of nitrogens with zero attached hydrogens (tertiary/aromatic N) is 2. The summed E-state index contributed by atoms with van der Waals surface area (Å²) in [6.07, 6.45) is 2.15. The minimum atomic E-state index is 0.0359. The highest BCUT2D eigenvalue weighted by Gasteiger charge is 2.26. The van der Waals surface area contributed by atoms with Crippen LogP contribution < -0.4 is 0 Å². The van der Waals surface area contributed by atoms with Gasteiger partial charge in [-0.2, -0.15) is 0 Å². The molecule has 1 amide bonds. The number of hydrogen-bond acceptors (Lipinski definition) is 2. The zero-order valence-electron chi connectivity index (χ0n) is 11.4. The highest BCUT2D eigenvalue weighted by atomic mass is 16.5. The molecule has 4 nitrogen and oxygen atoms in total. The molecule has 1 aliphatic rings. The lowest BCUT2D eigenvalue weighted by Crippen LogP contribution is -2.39. The number of hydrogen-bond donors (Lipinski definition) is 0. The summed E-state index contributed by atoms with van der Waals surface area (Å²) in [5.74, 6) is 0.239. The number of rotatable bonds is 3. The third-order valence-corrected chi connectivity index (χ3v) is 3.31. The van der Waals surface area contributed by atoms with Gasteiger partial charge in [-0.1, -0.05) is 13.8 Å². The quantitative estimate of drug-likeness (QED) is 0.821. The summed E-state index contributed by atoms with van der Waals surface area (Å²) in [4.78, 5) is 14.1. The van der Waals surface area contributed by atoms with Crippen LogP contribution in [-0.4, -0.2) is 34.6 Å². The SMILES string of the molecule is CCO[C@H]1CN(C(=O)C(C)C)Cc2cccn2C1. The molecule has 0 saturated heterocycles. The van der Waals surface area contributed by atoms with Crippen LogP contribution in [0.1, 0.15) is 26.5 Å². The van der Waals surface area contributed by atoms with Gasteiger partial charge in [0.15, 0.2) is 0 Å². The van der Waals surface area contributed by atoms with Gasteiger partial charge in [0.25, 0.3) is 0 Å². The summed E-state index contributed by atoms with van der Waals surface area (Å²) < 4.78 is 7.92. The summed E-state index contributed by atoms with van der Waals surface area (Å²) in [6, 6.07) is 4.11. The lowest BCUT2D eigenvalue weighted by molar-refractivity contribution is -0.136. The maximum atomic E-state index is 12.2. The first kappa shape index (κ1) is 13.1. The van der Waals surface area contributed by atoms with Gasteiger partial charge < -0.3 is 14.2 Å². The second kappa shape index (κ2) is 5.57. The van der Waals surface area contributed by atoms with Gasteiger partial charge >= 0.3 is 0 Å². The molecule has 2 heterocycles. The third-order valence-electron chi connectivity index (χ3n) is 3.31. The van der Waals surface area contributed by atoms with E-state index in [1.54, 1.807) is 0 Å². The second-order valence-corrected chi connectivity index (χ2v) is 5.10. The van der Waals surface area contributed by atoms with Gasteiger partial charge in [0.2, 0.25) is 5.91 Å². The molecular formula is C14H22N2O2. The van der Waals surface area contributed by atoms with Gasteiger partial charge in [-0.3, -0.25) is 4.79 Å². The third kappa shape index (κ3) is 2.75. The van der Waals surface area contributed by atoms with E-state index in [0.717, 1.165) is 6.54 Å². The number of fused-ring (bicyclic) bond motifs is 1. The van der Waals surface area contributed by atoms with Crippen molar-refractivity contribution in [2.24, 2.45) is 5.92 Å². The smallest absolute Gasteiger partial charge is 0.225 e. The zero-order chi connectivity index (χ0) is 13.1. The van der Waals surface area contributed by atoms with Gasteiger partial charge in [0.05, 0.1) is 19.2 Å². The van der Waals surface area contributed by atoms with Crippen LogP contribution in [0.3, 0.4) is 0 Å². The molecule has 1 aromatic heterocycles. The lowest BCUT2D eigenvalue weighted by Gasteiger charge is -2.25. The molecule has 0 saturated carbocycles. The predicted molar refractivity (Wildman–Crippen MR) is 70.1 cm³/mol. The van der Waals surface area contributed by atoms with Gasteiger partial charge in [-0.05, 0) is 19.1 Å². The Morgan fingerprint density at radius 1 is 1.50 bits per heavy atom. The number of carbonyl (C=O) groups excluding carboxylic acids is 1. The Bertz CT molecular complexity index is 412. The van der Waals surface area contributed by atoms with Crippen molar-refractivity contribution in [1.29, 1.82) is 0 Å². The molecule has 0 unspecified atom stereocenters. The molecule has 0 fully saturated rings. The summed E-state index contributed by atoms with van der Waals surface area (Å²) in [7, 11) is 0. The van der Waals surface area contributed by atoms with E-state index in [4.69, 9.17) is 4.74 Å². The van der Waals surface area contributed by atoms with Crippen LogP contribution >= 0.6 is 0 Å². The molecule has 18 heavy (non-hydrogen) atoms. The van der Waals surface area contributed by atoms with Gasteiger partial charge in [-0.25, -0.2) is 0 Å². The first-order valence-corrected chi connectivity index (χ1v) is 6.66. The average molecular weight is 250 g/mol. The monoisotopic (exact) mass is 250 g/mol. The molecule has 100 valence electrons. The van der Waals surface area contributed by atoms with Crippen LogP contribution in [0, 0.1) is 5.92 Å². The number of aromatic nitrogens is 1. The fourth-order valence-electron chi connectivity index (χ4n) is 2.43. The number of ether oxygens (including phenoxy) is 1. The van der Waals surface area contributed by atoms with Crippen molar-refractivity contribution >= 4 is 5.91 Å². The van der Waals surface area contributed by atoms with Crippen LogP contribution in [-0.2, 0) is 22.6 Å². The van der Waals surface area contributed by atoms with Crippen molar-refractivity contribution in [3.05, 3.63) is 24.0 Å². The van der Waals surface area contributed by atoms with Gasteiger partial charge in [0, 0.05) is 31.0 Å². The molecule has 1 atom stereocenters. The van der Waals surface area contributed by atoms with E-state index in [-0.39, 0.29) is 17.9 Å². The molecule has 0 aliphatic carbocycles. The zero-order valence-corrected chi connectivity index (χ0v) is 11.4. The van der Waals surface area contributed by atoms with Gasteiger partial charge in [-0.15, -0.1) is 0 Å². The Labute approximate surface area is 109 Å². The Morgan fingerprint density at radius 2 is 2.28 bits per heavy atom. The molecule has 4 heteroatoms. The maximum Gasteiger partial charge on any atom is 0.225 e. The Hall–Kier alpha value is -1.29. The molecule has 1 aromatic rings. The summed E-state index contributed by atoms with van der Waals surface area (Å²) >= 11 is 0. The minimum Gasteiger partial charge on any atom is -0.375 e. The van der Waals surface area contributed by atoms with Crippen molar-refractivity contribution < 1.29 is 9.53 Å². The fraction of sp³-hybridized carbons (Fsp3) is 0.643. The van der Waals surface area contributed by atoms with E-state index in [1.165, 1.54) is 5.69 Å². The second-order valence-electron chi connectivity index (χ2n) is 5.10. The van der Waals surface area contributed by atoms with Crippen LogP contribution in [0.15, 0.2) is 18.3 Å². The van der Waals surface area contributed by atoms with E-state index >= 15 is 0 Å². The predicted octanol–water partition coefficient (Wildman–Crippen LogP) is 1.89. The van der Waals surface area contributed by atoms with Crippen molar-refractivity contribution in [3.8, 4) is 0 Å². The van der Waals surface area contributed by atoms with Crippen molar-refractivity contribution in [1.82, 2.24) is 9.47 Å². The summed E-state index contributed by atoms with van der Waals surface area (Å²) in [5.41, 5.74) is 1.19. The first-order chi connectivity index (χ1) is 8.61. The Kier molecular flexibility index (Phi) is 4.07. The van der Waals surface area contributed by atoms with Gasteiger partial charge in [0.1, 0.15) is 0 Å². The van der Waals surface area contributed by atoms with E-state index in [2.05, 4.69) is 16.8 Å². The normalized spacial score (nSPS) is 19.8. The molecule has 1 aliphatic heterocycles. The molecule has 0 spiro atoms. The van der Waals surface area contributed by atoms with E-state index in [1.807, 2.05) is 31.7 Å².